The molecule has 2 aromatic carbocycles. The van der Waals surface area contributed by atoms with Gasteiger partial charge in [0.25, 0.3) is 5.91 Å². The number of rotatable bonds is 3. The molecule has 0 radical (unpaired) electrons. The van der Waals surface area contributed by atoms with Crippen LogP contribution >= 0.6 is 15.9 Å². The molecule has 2 rings (SSSR count). The predicted molar refractivity (Wildman–Crippen MR) is 79.9 cm³/mol. The van der Waals surface area contributed by atoms with Gasteiger partial charge in [-0.1, -0.05) is 12.1 Å². The summed E-state index contributed by atoms with van der Waals surface area (Å²) in [6.45, 7) is 0. The van der Waals surface area contributed by atoms with Crippen LogP contribution in [0, 0.1) is 0 Å². The van der Waals surface area contributed by atoms with Gasteiger partial charge < -0.3 is 10.1 Å². The van der Waals surface area contributed by atoms with Crippen molar-refractivity contribution in [1.29, 1.82) is 0 Å². The van der Waals surface area contributed by atoms with Crippen LogP contribution in [0.2, 0.25) is 0 Å². The first kappa shape index (κ1) is 14.3. The second kappa shape index (κ2) is 6.34. The van der Waals surface area contributed by atoms with Crippen molar-refractivity contribution < 1.29 is 14.3 Å². The van der Waals surface area contributed by atoms with E-state index in [-0.39, 0.29) is 5.91 Å². The van der Waals surface area contributed by atoms with Crippen molar-refractivity contribution in [2.24, 2.45) is 0 Å². The van der Waals surface area contributed by atoms with Gasteiger partial charge in [0.1, 0.15) is 0 Å². The van der Waals surface area contributed by atoms with Gasteiger partial charge in [-0.15, -0.1) is 0 Å². The van der Waals surface area contributed by atoms with E-state index >= 15 is 0 Å². The van der Waals surface area contributed by atoms with E-state index in [2.05, 4.69) is 26.0 Å². The molecule has 0 heterocycles. The van der Waals surface area contributed by atoms with Crippen LogP contribution in [0.5, 0.6) is 0 Å². The van der Waals surface area contributed by atoms with Crippen molar-refractivity contribution in [2.45, 2.75) is 0 Å². The Morgan fingerprint density at radius 1 is 1.05 bits per heavy atom. The number of amides is 1. The molecule has 0 bridgehead atoms. The van der Waals surface area contributed by atoms with Crippen molar-refractivity contribution in [3.63, 3.8) is 0 Å². The molecule has 0 aromatic heterocycles. The third-order valence-electron chi connectivity index (χ3n) is 2.68. The number of carbonyl (C=O) groups is 2. The van der Waals surface area contributed by atoms with Gasteiger partial charge >= 0.3 is 5.97 Å². The van der Waals surface area contributed by atoms with Gasteiger partial charge in [-0.25, -0.2) is 4.79 Å². The number of hydrogen-bond acceptors (Lipinski definition) is 3. The fraction of sp³-hybridized carbons (Fsp3) is 0.0667. The Morgan fingerprint density at radius 2 is 1.70 bits per heavy atom. The number of esters is 1. The summed E-state index contributed by atoms with van der Waals surface area (Å²) in [5.74, 6) is -0.628. The molecule has 20 heavy (non-hydrogen) atoms. The lowest BCUT2D eigenvalue weighted by Gasteiger charge is -2.07. The zero-order chi connectivity index (χ0) is 14.5. The van der Waals surface area contributed by atoms with E-state index in [9.17, 15) is 9.59 Å². The molecular weight excluding hydrogens is 322 g/mol. The van der Waals surface area contributed by atoms with E-state index in [1.807, 2.05) is 6.07 Å². The highest BCUT2D eigenvalue weighted by Gasteiger charge is 2.10. The summed E-state index contributed by atoms with van der Waals surface area (Å²) in [6.07, 6.45) is 0. The van der Waals surface area contributed by atoms with Crippen LogP contribution in [-0.4, -0.2) is 19.0 Å². The number of hydrogen-bond donors (Lipinski definition) is 1. The molecule has 1 N–H and O–H groups in total. The van der Waals surface area contributed by atoms with Crippen LogP contribution in [0.3, 0.4) is 0 Å². The quantitative estimate of drug-likeness (QED) is 0.875. The third kappa shape index (κ3) is 3.24. The number of methoxy groups -OCH3 is 1. The summed E-state index contributed by atoms with van der Waals surface area (Å²) in [7, 11) is 1.32. The van der Waals surface area contributed by atoms with E-state index in [1.165, 1.54) is 7.11 Å². The lowest BCUT2D eigenvalue weighted by molar-refractivity contribution is 0.0600. The topological polar surface area (TPSA) is 55.4 Å². The van der Waals surface area contributed by atoms with E-state index < -0.39 is 5.97 Å². The summed E-state index contributed by atoms with van der Waals surface area (Å²) in [4.78, 5) is 23.4. The average molecular weight is 334 g/mol. The molecule has 5 heteroatoms. The Kier molecular flexibility index (Phi) is 4.53. The maximum absolute atomic E-state index is 12.1. The minimum Gasteiger partial charge on any atom is -0.465 e. The molecule has 0 spiro atoms. The van der Waals surface area contributed by atoms with Crippen molar-refractivity contribution >= 4 is 33.5 Å². The molecule has 0 saturated heterocycles. The van der Waals surface area contributed by atoms with E-state index in [4.69, 9.17) is 0 Å². The fourth-order valence-electron chi connectivity index (χ4n) is 1.65. The van der Waals surface area contributed by atoms with Crippen molar-refractivity contribution in [3.05, 3.63) is 64.1 Å². The van der Waals surface area contributed by atoms with Gasteiger partial charge in [-0.05, 0) is 52.3 Å². The predicted octanol–water partition coefficient (Wildman–Crippen LogP) is 3.49. The van der Waals surface area contributed by atoms with Crippen LogP contribution in [-0.2, 0) is 4.74 Å². The Labute approximate surface area is 124 Å². The van der Waals surface area contributed by atoms with Gasteiger partial charge in [0.05, 0.1) is 18.2 Å². The van der Waals surface area contributed by atoms with Gasteiger partial charge in [-0.3, -0.25) is 4.79 Å². The maximum atomic E-state index is 12.1. The largest absolute Gasteiger partial charge is 0.465 e. The molecule has 0 aliphatic rings. The second-order valence-corrected chi connectivity index (χ2v) is 4.86. The number of carbonyl (C=O) groups excluding carboxylic acids is 2. The SMILES string of the molecule is COC(=O)c1ccc(NC(=O)c2ccccc2Br)cc1. The van der Waals surface area contributed by atoms with Crippen LogP contribution in [0.15, 0.2) is 53.0 Å². The molecule has 0 atom stereocenters. The molecule has 4 nitrogen and oxygen atoms in total. The first-order chi connectivity index (χ1) is 9.61. The van der Waals surface area contributed by atoms with Crippen LogP contribution < -0.4 is 5.32 Å². The lowest BCUT2D eigenvalue weighted by atomic mass is 10.2. The summed E-state index contributed by atoms with van der Waals surface area (Å²) in [5.41, 5.74) is 1.59. The van der Waals surface area contributed by atoms with Gasteiger partial charge in [0.15, 0.2) is 0 Å². The van der Waals surface area contributed by atoms with E-state index in [0.717, 1.165) is 4.47 Å². The first-order valence-corrected chi connectivity index (χ1v) is 6.65. The molecule has 0 fully saturated rings. The minimum atomic E-state index is -0.409. The van der Waals surface area contributed by atoms with Gasteiger partial charge in [0.2, 0.25) is 0 Å². The molecule has 102 valence electrons. The van der Waals surface area contributed by atoms with E-state index in [0.29, 0.717) is 16.8 Å². The molecular formula is C15H12BrNO3. The number of ether oxygens (including phenoxy) is 1. The summed E-state index contributed by atoms with van der Waals surface area (Å²) in [6, 6.07) is 13.7. The Hall–Kier alpha value is -2.14. The normalized spacial score (nSPS) is 9.90. The van der Waals surface area contributed by atoms with Gasteiger partial charge in [0, 0.05) is 10.2 Å². The highest BCUT2D eigenvalue weighted by molar-refractivity contribution is 9.10. The summed E-state index contributed by atoms with van der Waals surface area (Å²) in [5, 5.41) is 2.76. The first-order valence-electron chi connectivity index (χ1n) is 5.86. The number of anilines is 1. The maximum Gasteiger partial charge on any atom is 0.337 e. The summed E-state index contributed by atoms with van der Waals surface area (Å²) < 4.78 is 5.34. The highest BCUT2D eigenvalue weighted by atomic mass is 79.9. The third-order valence-corrected chi connectivity index (χ3v) is 3.37. The molecule has 2 aromatic rings. The molecule has 1 amide bonds. The van der Waals surface area contributed by atoms with Crippen molar-refractivity contribution in [2.75, 3.05) is 12.4 Å². The minimum absolute atomic E-state index is 0.219. The Morgan fingerprint density at radius 3 is 2.30 bits per heavy atom. The zero-order valence-corrected chi connectivity index (χ0v) is 12.3. The number of nitrogens with one attached hydrogen (secondary N) is 1. The summed E-state index contributed by atoms with van der Waals surface area (Å²) >= 11 is 3.33. The number of halogens is 1. The fourth-order valence-corrected chi connectivity index (χ4v) is 2.12. The van der Waals surface area contributed by atoms with Crippen molar-refractivity contribution in [1.82, 2.24) is 0 Å². The lowest BCUT2D eigenvalue weighted by Crippen LogP contribution is -2.12. The zero-order valence-electron chi connectivity index (χ0n) is 10.7. The van der Waals surface area contributed by atoms with Gasteiger partial charge in [-0.2, -0.15) is 0 Å². The molecule has 0 aliphatic carbocycles. The Balaban J connectivity index is 2.13. The van der Waals surface area contributed by atoms with Crippen molar-refractivity contribution in [3.8, 4) is 0 Å². The van der Waals surface area contributed by atoms with Crippen LogP contribution in [0.1, 0.15) is 20.7 Å². The second-order valence-electron chi connectivity index (χ2n) is 4.00. The Bertz CT molecular complexity index is 638. The van der Waals surface area contributed by atoms with Crippen LogP contribution in [0.25, 0.3) is 0 Å². The highest BCUT2D eigenvalue weighted by Crippen LogP contribution is 2.18. The standard InChI is InChI=1S/C15H12BrNO3/c1-20-15(19)10-6-8-11(9-7-10)17-14(18)12-4-2-3-5-13(12)16/h2-9H,1H3,(H,17,18). The molecule has 0 aliphatic heterocycles. The smallest absolute Gasteiger partial charge is 0.337 e. The number of benzene rings is 2. The molecule has 0 unspecified atom stereocenters. The van der Waals surface area contributed by atoms with E-state index in [1.54, 1.807) is 42.5 Å². The molecule has 0 saturated carbocycles. The monoisotopic (exact) mass is 333 g/mol. The van der Waals surface area contributed by atoms with Crippen LogP contribution in [0.4, 0.5) is 5.69 Å². The average Bonchev–Trinajstić information content (AvgIpc) is 2.47.